The molecule has 100 valence electrons. The van der Waals surface area contributed by atoms with Crippen LogP contribution < -0.4 is 4.74 Å². The van der Waals surface area contributed by atoms with E-state index in [-0.39, 0.29) is 0 Å². The normalized spacial score (nSPS) is 29.9. The topological polar surface area (TPSA) is 42.4 Å². The molecule has 0 aliphatic heterocycles. The fraction of sp³-hybridized carbons (Fsp3) is 0.667. The van der Waals surface area contributed by atoms with Crippen LogP contribution in [0.1, 0.15) is 44.8 Å². The Labute approximate surface area is 109 Å². The number of pyridine rings is 1. The molecule has 0 radical (unpaired) electrons. The second kappa shape index (κ2) is 5.70. The zero-order chi connectivity index (χ0) is 13.1. The lowest BCUT2D eigenvalue weighted by molar-refractivity contribution is 0.0558. The van der Waals surface area contributed by atoms with Crippen LogP contribution in [0, 0.1) is 17.8 Å². The van der Waals surface area contributed by atoms with Crippen LogP contribution in [0.4, 0.5) is 0 Å². The van der Waals surface area contributed by atoms with E-state index in [2.05, 4.69) is 18.8 Å². The lowest BCUT2D eigenvalue weighted by Gasteiger charge is -2.34. The third-order valence-electron chi connectivity index (χ3n) is 4.40. The third kappa shape index (κ3) is 2.83. The summed E-state index contributed by atoms with van der Waals surface area (Å²) in [5.41, 5.74) is 0.905. The minimum absolute atomic E-state index is 0.367. The fourth-order valence-electron chi connectivity index (χ4n) is 2.84. The molecule has 4 atom stereocenters. The van der Waals surface area contributed by atoms with E-state index >= 15 is 0 Å². The first kappa shape index (κ1) is 13.3. The van der Waals surface area contributed by atoms with E-state index in [4.69, 9.17) is 4.74 Å². The van der Waals surface area contributed by atoms with E-state index in [1.165, 1.54) is 6.42 Å². The van der Waals surface area contributed by atoms with Crippen molar-refractivity contribution in [3.05, 3.63) is 23.9 Å². The van der Waals surface area contributed by atoms with Gasteiger partial charge in [0.05, 0.1) is 13.2 Å². The molecule has 3 heteroatoms. The number of methoxy groups -OCH3 is 1. The van der Waals surface area contributed by atoms with Gasteiger partial charge in [-0.3, -0.25) is 0 Å². The predicted octanol–water partition coefficient (Wildman–Crippen LogP) is 3.20. The molecule has 2 rings (SSSR count). The summed E-state index contributed by atoms with van der Waals surface area (Å²) in [5.74, 6) is 2.44. The SMILES string of the molecule is COc1ccc(C(O)C2CCC(C)C(C)C2)cn1. The van der Waals surface area contributed by atoms with Gasteiger partial charge in [0.15, 0.2) is 0 Å². The molecule has 3 nitrogen and oxygen atoms in total. The lowest BCUT2D eigenvalue weighted by Crippen LogP contribution is -2.25. The Balaban J connectivity index is 2.03. The van der Waals surface area contributed by atoms with Crippen LogP contribution in [0.3, 0.4) is 0 Å². The molecule has 1 N–H and O–H groups in total. The second-order valence-corrected chi connectivity index (χ2v) is 5.61. The Bertz CT molecular complexity index is 377. The standard InChI is InChI=1S/C15H23NO2/c1-10-4-5-12(8-11(10)2)15(17)13-6-7-14(18-3)16-9-13/h6-7,9-12,15,17H,4-5,8H2,1-3H3. The number of aromatic nitrogens is 1. The van der Waals surface area contributed by atoms with Gasteiger partial charge in [-0.2, -0.15) is 0 Å². The van der Waals surface area contributed by atoms with Crippen molar-refractivity contribution in [3.8, 4) is 5.88 Å². The highest BCUT2D eigenvalue weighted by molar-refractivity contribution is 5.20. The zero-order valence-electron chi connectivity index (χ0n) is 11.5. The highest BCUT2D eigenvalue weighted by atomic mass is 16.5. The smallest absolute Gasteiger partial charge is 0.212 e. The van der Waals surface area contributed by atoms with E-state index in [9.17, 15) is 5.11 Å². The average Bonchev–Trinajstić information content (AvgIpc) is 2.41. The third-order valence-corrected chi connectivity index (χ3v) is 4.40. The number of aliphatic hydroxyl groups is 1. The summed E-state index contributed by atoms with van der Waals surface area (Å²) >= 11 is 0. The molecular weight excluding hydrogens is 226 g/mol. The number of nitrogens with zero attached hydrogens (tertiary/aromatic N) is 1. The van der Waals surface area contributed by atoms with Crippen LogP contribution in [0.2, 0.25) is 0 Å². The Morgan fingerprint density at radius 2 is 2.06 bits per heavy atom. The summed E-state index contributed by atoms with van der Waals surface area (Å²) in [7, 11) is 1.60. The summed E-state index contributed by atoms with van der Waals surface area (Å²) in [6.45, 7) is 4.60. The maximum absolute atomic E-state index is 10.4. The van der Waals surface area contributed by atoms with Crippen LogP contribution in [0.15, 0.2) is 18.3 Å². The summed E-state index contributed by atoms with van der Waals surface area (Å²) in [4.78, 5) is 4.16. The maximum Gasteiger partial charge on any atom is 0.212 e. The Morgan fingerprint density at radius 1 is 1.28 bits per heavy atom. The van der Waals surface area contributed by atoms with Gasteiger partial charge in [0.2, 0.25) is 5.88 Å². The Kier molecular flexibility index (Phi) is 4.23. The van der Waals surface area contributed by atoms with Crippen molar-refractivity contribution in [3.63, 3.8) is 0 Å². The molecule has 0 aromatic carbocycles. The number of rotatable bonds is 3. The van der Waals surface area contributed by atoms with Gasteiger partial charge in [-0.15, -0.1) is 0 Å². The number of aliphatic hydroxyl groups excluding tert-OH is 1. The van der Waals surface area contributed by atoms with Crippen LogP contribution >= 0.6 is 0 Å². The van der Waals surface area contributed by atoms with Gasteiger partial charge in [-0.05, 0) is 42.2 Å². The van der Waals surface area contributed by atoms with Gasteiger partial charge >= 0.3 is 0 Å². The molecule has 1 aliphatic carbocycles. The van der Waals surface area contributed by atoms with Crippen molar-refractivity contribution in [2.45, 2.75) is 39.2 Å². The van der Waals surface area contributed by atoms with E-state index in [1.54, 1.807) is 13.3 Å². The first-order chi connectivity index (χ1) is 8.61. The molecule has 1 saturated carbocycles. The monoisotopic (exact) mass is 249 g/mol. The van der Waals surface area contributed by atoms with Gasteiger partial charge in [-0.1, -0.05) is 20.3 Å². The van der Waals surface area contributed by atoms with E-state index in [0.29, 0.717) is 17.7 Å². The molecular formula is C15H23NO2. The molecule has 1 aromatic rings. The molecule has 0 spiro atoms. The van der Waals surface area contributed by atoms with Gasteiger partial charge < -0.3 is 9.84 Å². The van der Waals surface area contributed by atoms with E-state index in [0.717, 1.165) is 24.3 Å². The van der Waals surface area contributed by atoms with Crippen molar-refractivity contribution in [2.75, 3.05) is 7.11 Å². The first-order valence-corrected chi connectivity index (χ1v) is 6.79. The van der Waals surface area contributed by atoms with Crippen LogP contribution in [0.5, 0.6) is 5.88 Å². The highest BCUT2D eigenvalue weighted by Gasteiger charge is 2.30. The average molecular weight is 249 g/mol. The zero-order valence-corrected chi connectivity index (χ0v) is 11.5. The van der Waals surface area contributed by atoms with E-state index in [1.807, 2.05) is 12.1 Å². The number of ether oxygens (including phenoxy) is 1. The van der Waals surface area contributed by atoms with Gasteiger partial charge in [0.25, 0.3) is 0 Å². The number of hydrogen-bond donors (Lipinski definition) is 1. The van der Waals surface area contributed by atoms with Crippen LogP contribution in [0.25, 0.3) is 0 Å². The molecule has 0 bridgehead atoms. The van der Waals surface area contributed by atoms with Gasteiger partial charge in [-0.25, -0.2) is 4.98 Å². The molecule has 1 aliphatic rings. The molecule has 4 unspecified atom stereocenters. The Morgan fingerprint density at radius 3 is 2.61 bits per heavy atom. The predicted molar refractivity (Wildman–Crippen MR) is 71.4 cm³/mol. The van der Waals surface area contributed by atoms with Crippen molar-refractivity contribution in [1.29, 1.82) is 0 Å². The van der Waals surface area contributed by atoms with Gasteiger partial charge in [0, 0.05) is 12.3 Å². The summed E-state index contributed by atoms with van der Waals surface area (Å²) in [6, 6.07) is 3.73. The summed E-state index contributed by atoms with van der Waals surface area (Å²) in [6.07, 6.45) is 4.77. The quantitative estimate of drug-likeness (QED) is 0.894. The van der Waals surface area contributed by atoms with E-state index < -0.39 is 6.10 Å². The molecule has 0 amide bonds. The fourth-order valence-corrected chi connectivity index (χ4v) is 2.84. The lowest BCUT2D eigenvalue weighted by atomic mass is 9.73. The summed E-state index contributed by atoms with van der Waals surface area (Å²) < 4.78 is 5.03. The molecule has 18 heavy (non-hydrogen) atoms. The van der Waals surface area contributed by atoms with Crippen LogP contribution in [-0.4, -0.2) is 17.2 Å². The highest BCUT2D eigenvalue weighted by Crippen LogP contribution is 2.39. The second-order valence-electron chi connectivity index (χ2n) is 5.61. The molecule has 0 saturated heterocycles. The Hall–Kier alpha value is -1.09. The van der Waals surface area contributed by atoms with Crippen molar-refractivity contribution in [1.82, 2.24) is 4.98 Å². The van der Waals surface area contributed by atoms with Crippen molar-refractivity contribution >= 4 is 0 Å². The summed E-state index contributed by atoms with van der Waals surface area (Å²) in [5, 5.41) is 10.4. The van der Waals surface area contributed by atoms with Crippen molar-refractivity contribution < 1.29 is 9.84 Å². The first-order valence-electron chi connectivity index (χ1n) is 6.79. The van der Waals surface area contributed by atoms with Crippen molar-refractivity contribution in [2.24, 2.45) is 17.8 Å². The van der Waals surface area contributed by atoms with Gasteiger partial charge in [0.1, 0.15) is 0 Å². The number of hydrogen-bond acceptors (Lipinski definition) is 3. The largest absolute Gasteiger partial charge is 0.481 e. The minimum atomic E-state index is -0.390. The molecule has 1 fully saturated rings. The molecule has 1 heterocycles. The molecule has 1 aromatic heterocycles. The maximum atomic E-state index is 10.4. The minimum Gasteiger partial charge on any atom is -0.481 e. The van der Waals surface area contributed by atoms with Crippen LogP contribution in [-0.2, 0) is 0 Å².